The highest BCUT2D eigenvalue weighted by Crippen LogP contribution is 2.26. The smallest absolute Gasteiger partial charge is 0.0718 e. The lowest BCUT2D eigenvalue weighted by Crippen LogP contribution is -2.53. The summed E-state index contributed by atoms with van der Waals surface area (Å²) in [7, 11) is 0. The predicted octanol–water partition coefficient (Wildman–Crippen LogP) is 1.52. The number of thiophene rings is 1. The minimum atomic E-state index is -0.615. The first-order valence-corrected chi connectivity index (χ1v) is 8.27. The van der Waals surface area contributed by atoms with Crippen LogP contribution in [-0.4, -0.2) is 59.3 Å². The van der Waals surface area contributed by atoms with Crippen molar-refractivity contribution in [1.29, 1.82) is 0 Å². The second-order valence-corrected chi connectivity index (χ2v) is 7.27. The highest BCUT2D eigenvalue weighted by atomic mass is 32.1. The second kappa shape index (κ2) is 6.54. The molecule has 1 aliphatic rings. The van der Waals surface area contributed by atoms with Gasteiger partial charge in [0.15, 0.2) is 0 Å². The summed E-state index contributed by atoms with van der Waals surface area (Å²) in [5.74, 6) is 0. The fourth-order valence-corrected chi connectivity index (χ4v) is 3.73. The van der Waals surface area contributed by atoms with Crippen LogP contribution in [0, 0.1) is 0 Å². The molecule has 1 aliphatic heterocycles. The van der Waals surface area contributed by atoms with Gasteiger partial charge in [-0.1, -0.05) is 0 Å². The van der Waals surface area contributed by atoms with Gasteiger partial charge in [-0.25, -0.2) is 0 Å². The first-order chi connectivity index (χ1) is 9.37. The number of β-amino-alcohol motifs (C(OH)–C–C–N with tert-alkyl or cyclic N) is 1. The van der Waals surface area contributed by atoms with Gasteiger partial charge >= 0.3 is 0 Å². The van der Waals surface area contributed by atoms with Gasteiger partial charge in [0.1, 0.15) is 0 Å². The summed E-state index contributed by atoms with van der Waals surface area (Å²) in [5.41, 5.74) is 6.92. The van der Waals surface area contributed by atoms with E-state index in [0.29, 0.717) is 6.04 Å². The maximum atomic E-state index is 9.91. The summed E-state index contributed by atoms with van der Waals surface area (Å²) in [5, 5.41) is 14.2. The molecule has 2 rings (SSSR count). The van der Waals surface area contributed by atoms with E-state index in [1.165, 1.54) is 5.56 Å². The molecule has 2 atom stereocenters. The average molecular weight is 297 g/mol. The largest absolute Gasteiger partial charge is 0.389 e. The highest BCUT2D eigenvalue weighted by Gasteiger charge is 2.29. The Morgan fingerprint density at radius 1 is 1.35 bits per heavy atom. The van der Waals surface area contributed by atoms with Gasteiger partial charge in [0.25, 0.3) is 0 Å². The fraction of sp³-hybridized carbons (Fsp3) is 0.733. The predicted molar refractivity (Wildman–Crippen MR) is 85.0 cm³/mol. The molecule has 0 aromatic carbocycles. The summed E-state index contributed by atoms with van der Waals surface area (Å²) in [6, 6.07) is 2.62. The average Bonchev–Trinajstić information content (AvgIpc) is 2.83. The second-order valence-electron chi connectivity index (χ2n) is 6.49. The van der Waals surface area contributed by atoms with E-state index in [1.807, 2.05) is 13.8 Å². The van der Waals surface area contributed by atoms with Crippen LogP contribution in [-0.2, 0) is 0 Å². The van der Waals surface area contributed by atoms with Crippen molar-refractivity contribution in [3.63, 3.8) is 0 Å². The Kier molecular flexibility index (Phi) is 5.20. The molecule has 4 nitrogen and oxygen atoms in total. The van der Waals surface area contributed by atoms with Crippen LogP contribution in [0.3, 0.4) is 0 Å². The molecule has 0 bridgehead atoms. The minimum absolute atomic E-state index is 0.130. The summed E-state index contributed by atoms with van der Waals surface area (Å²) in [6.07, 6.45) is 0. The molecule has 0 amide bonds. The lowest BCUT2D eigenvalue weighted by atomic mass is 10.0. The molecule has 0 aliphatic carbocycles. The van der Waals surface area contributed by atoms with Crippen molar-refractivity contribution in [1.82, 2.24) is 9.80 Å². The van der Waals surface area contributed by atoms with Gasteiger partial charge in [-0.05, 0) is 43.2 Å². The highest BCUT2D eigenvalue weighted by molar-refractivity contribution is 7.07. The first-order valence-electron chi connectivity index (χ1n) is 7.33. The monoisotopic (exact) mass is 297 g/mol. The third-order valence-corrected chi connectivity index (χ3v) is 4.50. The van der Waals surface area contributed by atoms with E-state index < -0.39 is 5.60 Å². The molecule has 1 aromatic rings. The number of nitrogens with zero attached hydrogens (tertiary/aromatic N) is 2. The molecule has 114 valence electrons. The molecule has 3 N–H and O–H groups in total. The van der Waals surface area contributed by atoms with E-state index in [0.717, 1.165) is 32.7 Å². The molecule has 1 fully saturated rings. The standard InChI is InChI=1S/C15H27N3OS/c1-12(16)14(13-4-9-20-10-13)18-7-5-17(6-8-18)11-15(2,3)19/h4,9-10,12,14,19H,5-8,11,16H2,1-3H3. The Bertz CT molecular complexity index is 392. The Morgan fingerprint density at radius 2 is 2.00 bits per heavy atom. The molecule has 0 radical (unpaired) electrons. The lowest BCUT2D eigenvalue weighted by Gasteiger charge is -2.42. The van der Waals surface area contributed by atoms with Gasteiger partial charge in [0, 0.05) is 38.8 Å². The van der Waals surface area contributed by atoms with Crippen molar-refractivity contribution < 1.29 is 5.11 Å². The number of nitrogens with two attached hydrogens (primary N) is 1. The summed E-state index contributed by atoms with van der Waals surface area (Å²) >= 11 is 1.73. The van der Waals surface area contributed by atoms with Crippen LogP contribution in [0.25, 0.3) is 0 Å². The van der Waals surface area contributed by atoms with Crippen molar-refractivity contribution >= 4 is 11.3 Å². The Labute approximate surface area is 126 Å². The van der Waals surface area contributed by atoms with Crippen molar-refractivity contribution in [2.75, 3.05) is 32.7 Å². The zero-order valence-corrected chi connectivity index (χ0v) is 13.6. The fourth-order valence-electron chi connectivity index (χ4n) is 3.04. The molecule has 5 heteroatoms. The SMILES string of the molecule is CC(N)C(c1ccsc1)N1CCN(CC(C)(C)O)CC1. The normalized spacial score (nSPS) is 21.9. The first kappa shape index (κ1) is 15.9. The van der Waals surface area contributed by atoms with Gasteiger partial charge in [-0.15, -0.1) is 0 Å². The topological polar surface area (TPSA) is 52.7 Å². The Hall–Kier alpha value is -0.460. The van der Waals surface area contributed by atoms with Gasteiger partial charge < -0.3 is 10.8 Å². The van der Waals surface area contributed by atoms with Crippen molar-refractivity contribution in [2.24, 2.45) is 5.73 Å². The number of rotatable bonds is 5. The number of aliphatic hydroxyl groups is 1. The zero-order chi connectivity index (χ0) is 14.8. The summed E-state index contributed by atoms with van der Waals surface area (Å²) in [6.45, 7) is 10.6. The van der Waals surface area contributed by atoms with Crippen LogP contribution in [0.15, 0.2) is 16.8 Å². The van der Waals surface area contributed by atoms with Crippen LogP contribution in [0.5, 0.6) is 0 Å². The molecular weight excluding hydrogens is 270 g/mol. The van der Waals surface area contributed by atoms with E-state index in [9.17, 15) is 5.11 Å². The molecule has 2 heterocycles. The number of piperazine rings is 1. The van der Waals surface area contributed by atoms with Gasteiger partial charge in [-0.2, -0.15) is 11.3 Å². The van der Waals surface area contributed by atoms with Crippen LogP contribution < -0.4 is 5.73 Å². The Balaban J connectivity index is 1.95. The molecular formula is C15H27N3OS. The minimum Gasteiger partial charge on any atom is -0.389 e. The van der Waals surface area contributed by atoms with Crippen LogP contribution in [0.2, 0.25) is 0 Å². The third kappa shape index (κ3) is 4.27. The van der Waals surface area contributed by atoms with Crippen LogP contribution in [0.4, 0.5) is 0 Å². The molecule has 0 spiro atoms. The van der Waals surface area contributed by atoms with Gasteiger partial charge in [-0.3, -0.25) is 9.80 Å². The van der Waals surface area contributed by atoms with Crippen LogP contribution in [0.1, 0.15) is 32.4 Å². The van der Waals surface area contributed by atoms with Crippen molar-refractivity contribution in [2.45, 2.75) is 38.5 Å². The zero-order valence-electron chi connectivity index (χ0n) is 12.7. The third-order valence-electron chi connectivity index (χ3n) is 3.79. The molecule has 0 saturated carbocycles. The van der Waals surface area contributed by atoms with Crippen molar-refractivity contribution in [3.8, 4) is 0 Å². The Morgan fingerprint density at radius 3 is 2.45 bits per heavy atom. The molecule has 20 heavy (non-hydrogen) atoms. The maximum Gasteiger partial charge on any atom is 0.0718 e. The number of hydrogen-bond donors (Lipinski definition) is 2. The van der Waals surface area contributed by atoms with E-state index >= 15 is 0 Å². The van der Waals surface area contributed by atoms with E-state index in [1.54, 1.807) is 11.3 Å². The maximum absolute atomic E-state index is 9.91. The summed E-state index contributed by atoms with van der Waals surface area (Å²) < 4.78 is 0. The van der Waals surface area contributed by atoms with Gasteiger partial charge in [0.2, 0.25) is 0 Å². The van der Waals surface area contributed by atoms with Crippen LogP contribution >= 0.6 is 11.3 Å². The van der Waals surface area contributed by atoms with Gasteiger partial charge in [0.05, 0.1) is 11.6 Å². The number of hydrogen-bond acceptors (Lipinski definition) is 5. The van der Waals surface area contributed by atoms with Crippen molar-refractivity contribution in [3.05, 3.63) is 22.4 Å². The molecule has 1 aromatic heterocycles. The summed E-state index contributed by atoms with van der Waals surface area (Å²) in [4.78, 5) is 4.82. The lowest BCUT2D eigenvalue weighted by molar-refractivity contribution is 0.00886. The van der Waals surface area contributed by atoms with E-state index in [-0.39, 0.29) is 6.04 Å². The quantitative estimate of drug-likeness (QED) is 0.865. The molecule has 2 unspecified atom stereocenters. The van der Waals surface area contributed by atoms with E-state index in [2.05, 4.69) is 33.6 Å². The van der Waals surface area contributed by atoms with E-state index in [4.69, 9.17) is 5.73 Å². The molecule has 1 saturated heterocycles.